The van der Waals surface area contributed by atoms with Gasteiger partial charge in [0.1, 0.15) is 0 Å². The number of alkyl halides is 1. The fraction of sp³-hybridized carbons (Fsp3) is 0.545. The van der Waals surface area contributed by atoms with E-state index in [0.29, 0.717) is 5.92 Å². The molecule has 1 aromatic heterocycles. The average molecular weight is 269 g/mol. The van der Waals surface area contributed by atoms with Gasteiger partial charge in [0.25, 0.3) is 5.56 Å². The van der Waals surface area contributed by atoms with E-state index in [1.807, 2.05) is 10.6 Å². The van der Waals surface area contributed by atoms with Gasteiger partial charge in [-0.3, -0.25) is 4.79 Å². The summed E-state index contributed by atoms with van der Waals surface area (Å²) in [6.45, 7) is 2.71. The number of nitrogens with zero attached hydrogens (tertiary/aromatic N) is 1. The third-order valence-corrected chi connectivity index (χ3v) is 4.24. The molecule has 1 N–H and O–H groups in total. The van der Waals surface area contributed by atoms with Crippen LogP contribution >= 0.6 is 15.9 Å². The largest absolute Gasteiger partial charge is 0.315 e. The van der Waals surface area contributed by atoms with Crippen LogP contribution in [0.15, 0.2) is 23.0 Å². The van der Waals surface area contributed by atoms with Crippen LogP contribution in [0.4, 0.5) is 0 Å². The molecule has 0 aliphatic carbocycles. The summed E-state index contributed by atoms with van der Waals surface area (Å²) < 4.78 is 2.00. The first-order chi connectivity index (χ1) is 7.18. The molecule has 2 bridgehead atoms. The Morgan fingerprint density at radius 2 is 2.40 bits per heavy atom. The third kappa shape index (κ3) is 1.47. The van der Waals surface area contributed by atoms with Gasteiger partial charge < -0.3 is 9.88 Å². The second-order valence-electron chi connectivity index (χ2n) is 4.56. The number of piperidine rings is 1. The van der Waals surface area contributed by atoms with Crippen LogP contribution in [-0.4, -0.2) is 22.0 Å². The van der Waals surface area contributed by atoms with Crippen LogP contribution in [0, 0.1) is 0 Å². The zero-order valence-electron chi connectivity index (χ0n) is 8.37. The van der Waals surface area contributed by atoms with Crippen LogP contribution in [0.3, 0.4) is 0 Å². The molecule has 80 valence electrons. The highest BCUT2D eigenvalue weighted by atomic mass is 79.9. The normalized spacial score (nSPS) is 33.5. The van der Waals surface area contributed by atoms with Gasteiger partial charge in [0, 0.05) is 37.3 Å². The maximum atomic E-state index is 11.8. The first kappa shape index (κ1) is 9.60. The van der Waals surface area contributed by atoms with Crippen molar-refractivity contribution in [3.63, 3.8) is 0 Å². The van der Waals surface area contributed by atoms with E-state index >= 15 is 0 Å². The highest BCUT2D eigenvalue weighted by Crippen LogP contribution is 2.39. The minimum atomic E-state index is 0.0775. The predicted molar refractivity (Wildman–Crippen MR) is 62.6 cm³/mol. The van der Waals surface area contributed by atoms with Crippen molar-refractivity contribution in [2.45, 2.75) is 23.2 Å². The number of hydrogen-bond acceptors (Lipinski definition) is 2. The van der Waals surface area contributed by atoms with Gasteiger partial charge >= 0.3 is 0 Å². The van der Waals surface area contributed by atoms with Gasteiger partial charge in [-0.25, -0.2) is 0 Å². The van der Waals surface area contributed by atoms with Crippen LogP contribution < -0.4 is 10.9 Å². The van der Waals surface area contributed by atoms with Gasteiger partial charge in [-0.05, 0) is 12.5 Å². The quantitative estimate of drug-likeness (QED) is 0.715. The highest BCUT2D eigenvalue weighted by molar-refractivity contribution is 9.10. The molecular weight excluding hydrogens is 256 g/mol. The van der Waals surface area contributed by atoms with E-state index in [0.717, 1.165) is 26.1 Å². The number of fused-ring (bicyclic) bond motifs is 4. The Morgan fingerprint density at radius 1 is 1.53 bits per heavy atom. The van der Waals surface area contributed by atoms with Crippen LogP contribution in [-0.2, 0) is 6.54 Å². The topological polar surface area (TPSA) is 34.0 Å². The summed E-state index contributed by atoms with van der Waals surface area (Å²) in [6, 6.07) is 5.59. The van der Waals surface area contributed by atoms with Crippen molar-refractivity contribution in [1.82, 2.24) is 9.88 Å². The zero-order chi connectivity index (χ0) is 10.5. The van der Waals surface area contributed by atoms with Gasteiger partial charge in [-0.1, -0.05) is 22.0 Å². The molecule has 0 spiro atoms. The molecule has 2 aliphatic heterocycles. The lowest BCUT2D eigenvalue weighted by Gasteiger charge is -2.43. The van der Waals surface area contributed by atoms with Crippen molar-refractivity contribution in [2.24, 2.45) is 0 Å². The standard InChI is InChI=1S/C11H13BrN2O/c12-11-4-8(5-13-6-11)9-2-1-3-10(15)14(9)7-11/h1-3,8,13H,4-7H2/t8-,11-/m1/s1. The van der Waals surface area contributed by atoms with Crippen molar-refractivity contribution in [3.05, 3.63) is 34.2 Å². The molecule has 15 heavy (non-hydrogen) atoms. The molecule has 1 fully saturated rings. The van der Waals surface area contributed by atoms with Gasteiger partial charge in [-0.2, -0.15) is 0 Å². The summed E-state index contributed by atoms with van der Waals surface area (Å²) in [4.78, 5) is 11.8. The molecule has 0 amide bonds. The molecule has 2 aliphatic rings. The third-order valence-electron chi connectivity index (χ3n) is 3.39. The number of rotatable bonds is 0. The monoisotopic (exact) mass is 268 g/mol. The molecular formula is C11H13BrN2O. The van der Waals surface area contributed by atoms with E-state index in [9.17, 15) is 4.79 Å². The second-order valence-corrected chi connectivity index (χ2v) is 6.24. The molecule has 1 saturated heterocycles. The Kier molecular flexibility index (Phi) is 2.04. The van der Waals surface area contributed by atoms with E-state index in [2.05, 4.69) is 27.3 Å². The summed E-state index contributed by atoms with van der Waals surface area (Å²) in [5.74, 6) is 0.473. The van der Waals surface area contributed by atoms with Crippen molar-refractivity contribution < 1.29 is 0 Å². The summed E-state index contributed by atoms with van der Waals surface area (Å²) in [7, 11) is 0. The zero-order valence-corrected chi connectivity index (χ0v) is 9.96. The first-order valence-electron chi connectivity index (χ1n) is 5.27. The van der Waals surface area contributed by atoms with Crippen molar-refractivity contribution in [3.8, 4) is 0 Å². The maximum Gasteiger partial charge on any atom is 0.250 e. The van der Waals surface area contributed by atoms with Crippen LogP contribution in [0.2, 0.25) is 0 Å². The molecule has 3 rings (SSSR count). The first-order valence-corrected chi connectivity index (χ1v) is 6.07. The van der Waals surface area contributed by atoms with Crippen molar-refractivity contribution in [1.29, 1.82) is 0 Å². The average Bonchev–Trinajstić information content (AvgIpc) is 2.20. The smallest absolute Gasteiger partial charge is 0.250 e. The van der Waals surface area contributed by atoms with Crippen LogP contribution in [0.1, 0.15) is 18.0 Å². The predicted octanol–water partition coefficient (Wildman–Crippen LogP) is 1.07. The number of pyridine rings is 1. The SMILES string of the molecule is O=c1cccc2n1C[C@]1(Br)CNC[C@H]2C1. The van der Waals surface area contributed by atoms with Gasteiger partial charge in [0.15, 0.2) is 0 Å². The number of halogens is 1. The van der Waals surface area contributed by atoms with E-state index in [4.69, 9.17) is 0 Å². The van der Waals surface area contributed by atoms with E-state index < -0.39 is 0 Å². The number of aromatic nitrogens is 1. The number of nitrogens with one attached hydrogen (secondary N) is 1. The molecule has 1 aromatic rings. The van der Waals surface area contributed by atoms with Crippen LogP contribution in [0.25, 0.3) is 0 Å². The van der Waals surface area contributed by atoms with Crippen molar-refractivity contribution >= 4 is 15.9 Å². The highest BCUT2D eigenvalue weighted by Gasteiger charge is 2.40. The second kappa shape index (κ2) is 3.19. The summed E-state index contributed by atoms with van der Waals surface area (Å²) in [6.07, 6.45) is 1.13. The lowest BCUT2D eigenvalue weighted by Crippen LogP contribution is -2.53. The summed E-state index contributed by atoms with van der Waals surface area (Å²) in [5, 5.41) is 3.43. The van der Waals surface area contributed by atoms with Gasteiger partial charge in [0.05, 0.1) is 4.32 Å². The fourth-order valence-corrected chi connectivity index (χ4v) is 3.57. The molecule has 0 unspecified atom stereocenters. The minimum absolute atomic E-state index is 0.0775. The molecule has 0 saturated carbocycles. The Labute approximate surface area is 96.6 Å². The Hall–Kier alpha value is -0.610. The maximum absolute atomic E-state index is 11.8. The Bertz CT molecular complexity index is 456. The van der Waals surface area contributed by atoms with Gasteiger partial charge in [0.2, 0.25) is 0 Å². The molecule has 3 nitrogen and oxygen atoms in total. The lowest BCUT2D eigenvalue weighted by atomic mass is 9.84. The Balaban J connectivity index is 2.17. The molecule has 3 heterocycles. The van der Waals surface area contributed by atoms with Gasteiger partial charge in [-0.15, -0.1) is 0 Å². The molecule has 0 aromatic carbocycles. The van der Waals surface area contributed by atoms with E-state index in [1.165, 1.54) is 5.69 Å². The number of hydrogen-bond donors (Lipinski definition) is 1. The fourth-order valence-electron chi connectivity index (χ4n) is 2.73. The Morgan fingerprint density at radius 3 is 3.27 bits per heavy atom. The van der Waals surface area contributed by atoms with Crippen LogP contribution in [0.5, 0.6) is 0 Å². The van der Waals surface area contributed by atoms with Crippen molar-refractivity contribution in [2.75, 3.05) is 13.1 Å². The summed E-state index contributed by atoms with van der Waals surface area (Å²) in [5.41, 5.74) is 1.31. The molecule has 4 heteroatoms. The summed E-state index contributed by atoms with van der Waals surface area (Å²) >= 11 is 3.77. The molecule has 2 atom stereocenters. The minimum Gasteiger partial charge on any atom is -0.315 e. The lowest BCUT2D eigenvalue weighted by molar-refractivity contribution is 0.294. The van der Waals surface area contributed by atoms with E-state index in [1.54, 1.807) is 6.07 Å². The molecule has 0 radical (unpaired) electrons. The van der Waals surface area contributed by atoms with E-state index in [-0.39, 0.29) is 9.88 Å².